The zero-order valence-electron chi connectivity index (χ0n) is 18.0. The molecule has 0 saturated carbocycles. The minimum Gasteiger partial charge on any atom is -0.338 e. The van der Waals surface area contributed by atoms with Crippen LogP contribution in [0.4, 0.5) is 5.69 Å². The van der Waals surface area contributed by atoms with Gasteiger partial charge in [-0.3, -0.25) is 4.79 Å². The highest BCUT2D eigenvalue weighted by Crippen LogP contribution is 2.28. The summed E-state index contributed by atoms with van der Waals surface area (Å²) >= 11 is 0. The van der Waals surface area contributed by atoms with Crippen LogP contribution in [-0.2, 0) is 0 Å². The Kier molecular flexibility index (Phi) is 6.47. The van der Waals surface area contributed by atoms with E-state index in [1.165, 1.54) is 0 Å². The highest BCUT2D eigenvalue weighted by Gasteiger charge is 2.33. The molecule has 1 saturated heterocycles. The summed E-state index contributed by atoms with van der Waals surface area (Å²) in [4.78, 5) is 21.4. The minimum absolute atomic E-state index is 0.00439. The fourth-order valence-corrected chi connectivity index (χ4v) is 3.98. The molecule has 3 aromatic carbocycles. The van der Waals surface area contributed by atoms with Gasteiger partial charge in [-0.25, -0.2) is 0 Å². The molecule has 1 unspecified atom stereocenters. The molecule has 0 spiro atoms. The van der Waals surface area contributed by atoms with Crippen LogP contribution < -0.4 is 5.32 Å². The van der Waals surface area contributed by atoms with Crippen molar-refractivity contribution in [2.45, 2.75) is 13.0 Å². The second kappa shape index (κ2) is 9.80. The van der Waals surface area contributed by atoms with Gasteiger partial charge in [-0.1, -0.05) is 66.7 Å². The molecule has 6 heteroatoms. The fraction of sp³-hybridized carbons (Fsp3) is 0.192. The monoisotopic (exact) mass is 423 g/mol. The van der Waals surface area contributed by atoms with Crippen LogP contribution in [0.1, 0.15) is 27.5 Å². The quantitative estimate of drug-likeness (QED) is 0.384. The highest BCUT2D eigenvalue weighted by atomic mass is 16.2. The molecule has 160 valence electrons. The summed E-state index contributed by atoms with van der Waals surface area (Å²) in [6.07, 6.45) is 1.92. The van der Waals surface area contributed by atoms with Crippen LogP contribution in [0, 0.1) is 18.4 Å². The highest BCUT2D eigenvalue weighted by molar-refractivity contribution is 5.96. The maximum Gasteiger partial charge on any atom is 0.254 e. The first-order valence-corrected chi connectivity index (χ1v) is 10.6. The number of amides is 1. The number of benzene rings is 3. The molecule has 1 amide bonds. The Morgan fingerprint density at radius 1 is 0.969 bits per heavy atom. The standard InChI is InChI=1S/C26H25N5O/c1-20-10-8-9-15-23(20)29-26(28-19-27)30-16-17-31(25(32)22-13-6-3-7-14-22)24(18-30)21-11-4-2-5-12-21/h2-15,24H,16-18H2,1H3,(H,28,29). The van der Waals surface area contributed by atoms with Gasteiger partial charge in [0.2, 0.25) is 12.2 Å². The Bertz CT molecular complexity index is 1140. The second-order valence-electron chi connectivity index (χ2n) is 7.71. The molecular formula is C26H25N5O. The fourth-order valence-electron chi connectivity index (χ4n) is 3.98. The number of piperazine rings is 1. The number of nitriles is 1. The SMILES string of the molecule is Cc1ccccc1N/C(=N/C#N)N1CCN(C(=O)c2ccccc2)C(c2ccccc2)C1. The molecule has 1 aliphatic rings. The first-order valence-electron chi connectivity index (χ1n) is 10.6. The van der Waals surface area contributed by atoms with E-state index in [0.717, 1.165) is 16.8 Å². The molecule has 32 heavy (non-hydrogen) atoms. The van der Waals surface area contributed by atoms with Crippen molar-refractivity contribution in [2.24, 2.45) is 4.99 Å². The number of guanidine groups is 1. The smallest absolute Gasteiger partial charge is 0.254 e. The van der Waals surface area contributed by atoms with Crippen molar-refractivity contribution < 1.29 is 4.79 Å². The topological polar surface area (TPSA) is 71.7 Å². The Hall–Kier alpha value is -4.11. The average Bonchev–Trinajstić information content (AvgIpc) is 2.85. The first kappa shape index (κ1) is 21.1. The number of rotatable bonds is 3. The number of nitrogens with zero attached hydrogens (tertiary/aromatic N) is 4. The van der Waals surface area contributed by atoms with Crippen LogP contribution in [-0.4, -0.2) is 41.3 Å². The second-order valence-corrected chi connectivity index (χ2v) is 7.71. The van der Waals surface area contributed by atoms with E-state index in [4.69, 9.17) is 0 Å². The van der Waals surface area contributed by atoms with E-state index < -0.39 is 0 Å². The van der Waals surface area contributed by atoms with Crippen molar-refractivity contribution >= 4 is 17.6 Å². The predicted molar refractivity (Wildman–Crippen MR) is 126 cm³/mol. The third-order valence-corrected chi connectivity index (χ3v) is 5.69. The van der Waals surface area contributed by atoms with Gasteiger partial charge in [0, 0.05) is 30.9 Å². The summed E-state index contributed by atoms with van der Waals surface area (Å²) < 4.78 is 0. The number of hydrogen-bond acceptors (Lipinski definition) is 3. The minimum atomic E-state index is -0.166. The van der Waals surface area contributed by atoms with Gasteiger partial charge in [-0.2, -0.15) is 5.26 Å². The number of anilines is 1. The molecule has 1 N–H and O–H groups in total. The summed E-state index contributed by atoms with van der Waals surface area (Å²) in [5, 5.41) is 12.6. The molecule has 0 aromatic heterocycles. The molecule has 0 aliphatic carbocycles. The average molecular weight is 424 g/mol. The van der Waals surface area contributed by atoms with Crippen LogP contribution in [0.15, 0.2) is 89.9 Å². The van der Waals surface area contributed by atoms with E-state index in [1.807, 2.05) is 108 Å². The lowest BCUT2D eigenvalue weighted by atomic mass is 10.0. The number of aryl methyl sites for hydroxylation is 1. The van der Waals surface area contributed by atoms with Gasteiger partial charge in [-0.05, 0) is 36.2 Å². The first-order chi connectivity index (χ1) is 15.7. The summed E-state index contributed by atoms with van der Waals surface area (Å²) in [7, 11) is 0. The van der Waals surface area contributed by atoms with Gasteiger partial charge >= 0.3 is 0 Å². The molecule has 1 atom stereocenters. The zero-order valence-corrected chi connectivity index (χ0v) is 18.0. The van der Waals surface area contributed by atoms with Gasteiger partial charge in [0.25, 0.3) is 5.91 Å². The lowest BCUT2D eigenvalue weighted by Crippen LogP contribution is -2.53. The summed E-state index contributed by atoms with van der Waals surface area (Å²) in [6, 6.07) is 27.1. The van der Waals surface area contributed by atoms with E-state index in [-0.39, 0.29) is 11.9 Å². The van der Waals surface area contributed by atoms with Crippen molar-refractivity contribution in [3.05, 3.63) is 102 Å². The third-order valence-electron chi connectivity index (χ3n) is 5.69. The van der Waals surface area contributed by atoms with E-state index >= 15 is 0 Å². The van der Waals surface area contributed by atoms with E-state index in [1.54, 1.807) is 0 Å². The molecule has 4 rings (SSSR count). The van der Waals surface area contributed by atoms with Crippen LogP contribution in [0.2, 0.25) is 0 Å². The molecule has 6 nitrogen and oxygen atoms in total. The van der Waals surface area contributed by atoms with Crippen LogP contribution in [0.5, 0.6) is 0 Å². The lowest BCUT2D eigenvalue weighted by molar-refractivity contribution is 0.0550. The van der Waals surface area contributed by atoms with Gasteiger partial charge in [0.15, 0.2) is 0 Å². The Labute approximate surface area is 188 Å². The normalized spacial score (nSPS) is 16.4. The van der Waals surface area contributed by atoms with E-state index in [9.17, 15) is 10.1 Å². The van der Waals surface area contributed by atoms with Crippen LogP contribution in [0.3, 0.4) is 0 Å². The van der Waals surface area contributed by atoms with Crippen molar-refractivity contribution in [3.8, 4) is 6.19 Å². The van der Waals surface area contributed by atoms with Crippen molar-refractivity contribution in [1.29, 1.82) is 5.26 Å². The van der Waals surface area contributed by atoms with Gasteiger partial charge < -0.3 is 15.1 Å². The Balaban J connectivity index is 1.63. The van der Waals surface area contributed by atoms with E-state index in [2.05, 4.69) is 10.3 Å². The van der Waals surface area contributed by atoms with Gasteiger partial charge in [0.1, 0.15) is 0 Å². The van der Waals surface area contributed by atoms with Gasteiger partial charge in [0.05, 0.1) is 6.04 Å². The molecule has 0 radical (unpaired) electrons. The molecular weight excluding hydrogens is 398 g/mol. The molecule has 0 bridgehead atoms. The van der Waals surface area contributed by atoms with Gasteiger partial charge in [-0.15, -0.1) is 4.99 Å². The predicted octanol–water partition coefficient (Wildman–Crippen LogP) is 4.44. The number of para-hydroxylation sites is 1. The largest absolute Gasteiger partial charge is 0.338 e. The third kappa shape index (κ3) is 4.62. The number of hydrogen-bond donors (Lipinski definition) is 1. The van der Waals surface area contributed by atoms with Crippen molar-refractivity contribution in [2.75, 3.05) is 25.0 Å². The van der Waals surface area contributed by atoms with E-state index in [0.29, 0.717) is 31.2 Å². The number of aliphatic imine (C=N–C) groups is 1. The number of carbonyl (C=O) groups excluding carboxylic acids is 1. The zero-order chi connectivity index (χ0) is 22.3. The summed E-state index contributed by atoms with van der Waals surface area (Å²) in [6.45, 7) is 3.63. The maximum absolute atomic E-state index is 13.3. The summed E-state index contributed by atoms with van der Waals surface area (Å²) in [5.74, 6) is 0.499. The molecule has 1 aliphatic heterocycles. The van der Waals surface area contributed by atoms with Crippen LogP contribution >= 0.6 is 0 Å². The van der Waals surface area contributed by atoms with Crippen molar-refractivity contribution in [3.63, 3.8) is 0 Å². The number of carbonyl (C=O) groups is 1. The Morgan fingerprint density at radius 3 is 2.31 bits per heavy atom. The van der Waals surface area contributed by atoms with Crippen LogP contribution in [0.25, 0.3) is 0 Å². The lowest BCUT2D eigenvalue weighted by Gasteiger charge is -2.42. The molecule has 3 aromatic rings. The molecule has 1 fully saturated rings. The summed E-state index contributed by atoms with van der Waals surface area (Å²) in [5.41, 5.74) is 3.69. The number of nitrogens with one attached hydrogen (secondary N) is 1. The Morgan fingerprint density at radius 2 is 1.62 bits per heavy atom. The van der Waals surface area contributed by atoms with Crippen molar-refractivity contribution in [1.82, 2.24) is 9.80 Å². The maximum atomic E-state index is 13.3. The molecule has 1 heterocycles.